The van der Waals surface area contributed by atoms with Gasteiger partial charge in [-0.2, -0.15) is 4.98 Å². The minimum atomic E-state index is -0.416. The number of aryl methyl sites for hydroxylation is 1. The topological polar surface area (TPSA) is 91.4 Å². The average Bonchev–Trinajstić information content (AvgIpc) is 2.73. The van der Waals surface area contributed by atoms with Gasteiger partial charge in [-0.05, 0) is 70.4 Å². The lowest BCUT2D eigenvalue weighted by atomic mass is 10.3. The highest BCUT2D eigenvalue weighted by atomic mass is 16.5. The van der Waals surface area contributed by atoms with Crippen molar-refractivity contribution in [1.29, 1.82) is 0 Å². The van der Waals surface area contributed by atoms with Crippen molar-refractivity contribution in [3.05, 3.63) is 66.4 Å². The van der Waals surface area contributed by atoms with E-state index >= 15 is 0 Å². The molecule has 0 atom stereocenters. The predicted octanol–water partition coefficient (Wildman–Crippen LogP) is 4.58. The molecule has 0 aliphatic heterocycles. The Balaban J connectivity index is 1.53. The molecule has 0 saturated heterocycles. The van der Waals surface area contributed by atoms with Gasteiger partial charge in [0.05, 0.1) is 0 Å². The number of para-hydroxylation sites is 1. The van der Waals surface area contributed by atoms with Gasteiger partial charge in [-0.25, -0.2) is 9.78 Å². The molecule has 3 N–H and O–H groups in total. The Labute approximate surface area is 182 Å². The van der Waals surface area contributed by atoms with Crippen LogP contribution in [0.4, 0.5) is 22.2 Å². The molecule has 2 aromatic carbocycles. The van der Waals surface area contributed by atoms with Gasteiger partial charge in [0.2, 0.25) is 5.95 Å². The van der Waals surface area contributed by atoms with E-state index in [1.165, 1.54) is 0 Å². The maximum Gasteiger partial charge on any atom is 0.326 e. The lowest BCUT2D eigenvalue weighted by molar-refractivity contribution is 0.262. The summed E-state index contributed by atoms with van der Waals surface area (Å²) in [4.78, 5) is 23.1. The zero-order chi connectivity index (χ0) is 22.1. The molecular weight excluding hydrogens is 392 g/mol. The summed E-state index contributed by atoms with van der Waals surface area (Å²) in [5.41, 5.74) is 1.40. The first kappa shape index (κ1) is 22.0. The van der Waals surface area contributed by atoms with Crippen LogP contribution in [0.25, 0.3) is 0 Å². The number of urea groups is 1. The molecule has 8 nitrogen and oxygen atoms in total. The smallest absolute Gasteiger partial charge is 0.326 e. The number of ether oxygens (including phenoxy) is 1. The fourth-order valence-electron chi connectivity index (χ4n) is 2.82. The van der Waals surface area contributed by atoms with E-state index in [-0.39, 0.29) is 5.95 Å². The van der Waals surface area contributed by atoms with Crippen LogP contribution in [0.2, 0.25) is 0 Å². The highest BCUT2D eigenvalue weighted by Crippen LogP contribution is 2.22. The maximum atomic E-state index is 12.4. The van der Waals surface area contributed by atoms with Crippen molar-refractivity contribution in [3.8, 4) is 11.5 Å². The quantitative estimate of drug-likeness (QED) is 0.439. The lowest BCUT2D eigenvalue weighted by Crippen LogP contribution is -2.21. The molecule has 8 heteroatoms. The first-order valence-electron chi connectivity index (χ1n) is 10.1. The summed E-state index contributed by atoms with van der Waals surface area (Å²) in [6.07, 6.45) is 0.989. The van der Waals surface area contributed by atoms with Crippen LogP contribution in [0, 0.1) is 6.92 Å². The minimum Gasteiger partial charge on any atom is -0.457 e. The van der Waals surface area contributed by atoms with Gasteiger partial charge in [-0.3, -0.25) is 5.32 Å². The molecule has 3 aromatic rings. The molecule has 0 saturated carbocycles. The third-order valence-electron chi connectivity index (χ3n) is 4.26. The molecule has 31 heavy (non-hydrogen) atoms. The average molecular weight is 421 g/mol. The molecule has 1 heterocycles. The molecule has 0 spiro atoms. The van der Waals surface area contributed by atoms with Gasteiger partial charge in [-0.15, -0.1) is 0 Å². The molecule has 162 valence electrons. The first-order chi connectivity index (χ1) is 15.0. The molecule has 0 radical (unpaired) electrons. The molecule has 0 bridgehead atoms. The molecule has 2 amide bonds. The number of rotatable bonds is 9. The third kappa shape index (κ3) is 7.60. The van der Waals surface area contributed by atoms with Crippen LogP contribution in [0.1, 0.15) is 12.1 Å². The third-order valence-corrected chi connectivity index (χ3v) is 4.26. The van der Waals surface area contributed by atoms with Crippen LogP contribution in [-0.2, 0) is 0 Å². The lowest BCUT2D eigenvalue weighted by Gasteiger charge is -2.12. The summed E-state index contributed by atoms with van der Waals surface area (Å²) in [6, 6.07) is 18.1. The van der Waals surface area contributed by atoms with E-state index in [2.05, 4.69) is 30.8 Å². The summed E-state index contributed by atoms with van der Waals surface area (Å²) in [7, 11) is 4.08. The number of hydrogen-bond donors (Lipinski definition) is 3. The van der Waals surface area contributed by atoms with E-state index in [0.717, 1.165) is 31.0 Å². The number of aromatic nitrogens is 2. The number of nitrogens with zero attached hydrogens (tertiary/aromatic N) is 3. The maximum absolute atomic E-state index is 12.4. The van der Waals surface area contributed by atoms with Gasteiger partial charge in [-0.1, -0.05) is 18.2 Å². The monoisotopic (exact) mass is 420 g/mol. The van der Waals surface area contributed by atoms with Crippen molar-refractivity contribution in [3.63, 3.8) is 0 Å². The second-order valence-corrected chi connectivity index (χ2v) is 7.32. The summed E-state index contributed by atoms with van der Waals surface area (Å²) in [5, 5.41) is 8.72. The normalized spacial score (nSPS) is 10.6. The van der Waals surface area contributed by atoms with Crippen molar-refractivity contribution in [2.45, 2.75) is 13.3 Å². The molecule has 1 aromatic heterocycles. The number of nitrogens with one attached hydrogen (secondary N) is 3. The number of carbonyl (C=O) groups excluding carboxylic acids is 1. The largest absolute Gasteiger partial charge is 0.457 e. The molecule has 0 aliphatic rings. The van der Waals surface area contributed by atoms with Gasteiger partial charge in [0.1, 0.15) is 17.3 Å². The van der Waals surface area contributed by atoms with E-state index < -0.39 is 6.03 Å². The Kier molecular flexibility index (Phi) is 7.78. The molecule has 3 rings (SSSR count). The number of hydrogen-bond acceptors (Lipinski definition) is 6. The molecule has 0 unspecified atom stereocenters. The van der Waals surface area contributed by atoms with E-state index in [9.17, 15) is 4.79 Å². The van der Waals surface area contributed by atoms with Gasteiger partial charge in [0.25, 0.3) is 0 Å². The standard InChI is InChI=1S/C23H28N6O2/c1-17-16-21(24-14-7-15-29(2)3)27-22(25-17)28-23(30)26-18-10-12-20(13-11-18)31-19-8-5-4-6-9-19/h4-6,8-13,16H,7,14-15H2,1-3H3,(H3,24,25,26,27,28,30). The summed E-state index contributed by atoms with van der Waals surface area (Å²) in [6.45, 7) is 3.64. The van der Waals surface area contributed by atoms with E-state index in [1.54, 1.807) is 24.3 Å². The zero-order valence-electron chi connectivity index (χ0n) is 18.1. The Morgan fingerprint density at radius 2 is 1.68 bits per heavy atom. The van der Waals surface area contributed by atoms with Gasteiger partial charge in [0, 0.05) is 24.0 Å². The van der Waals surface area contributed by atoms with Crippen LogP contribution >= 0.6 is 0 Å². The Morgan fingerprint density at radius 3 is 2.39 bits per heavy atom. The van der Waals surface area contributed by atoms with Crippen LogP contribution in [0.15, 0.2) is 60.7 Å². The highest BCUT2D eigenvalue weighted by Gasteiger charge is 2.08. The SMILES string of the molecule is Cc1cc(NCCCN(C)C)nc(NC(=O)Nc2ccc(Oc3ccccc3)cc2)n1. The van der Waals surface area contributed by atoms with Crippen molar-refractivity contribution >= 4 is 23.5 Å². The van der Waals surface area contributed by atoms with Crippen LogP contribution in [-0.4, -0.2) is 48.1 Å². The van der Waals surface area contributed by atoms with Gasteiger partial charge < -0.3 is 20.3 Å². The first-order valence-corrected chi connectivity index (χ1v) is 10.1. The van der Waals surface area contributed by atoms with Crippen molar-refractivity contribution in [2.24, 2.45) is 0 Å². The molecular formula is C23H28N6O2. The fraction of sp³-hybridized carbons (Fsp3) is 0.261. The second-order valence-electron chi connectivity index (χ2n) is 7.32. The van der Waals surface area contributed by atoms with Crippen LogP contribution in [0.3, 0.4) is 0 Å². The fourth-order valence-corrected chi connectivity index (χ4v) is 2.82. The Morgan fingerprint density at radius 1 is 0.968 bits per heavy atom. The van der Waals surface area contributed by atoms with Gasteiger partial charge in [0.15, 0.2) is 0 Å². The van der Waals surface area contributed by atoms with Crippen molar-refractivity contribution in [2.75, 3.05) is 43.1 Å². The van der Waals surface area contributed by atoms with E-state index in [1.807, 2.05) is 57.4 Å². The zero-order valence-corrected chi connectivity index (χ0v) is 18.1. The molecule has 0 aliphatic carbocycles. The summed E-state index contributed by atoms with van der Waals surface area (Å²) in [5.74, 6) is 2.37. The van der Waals surface area contributed by atoms with E-state index in [4.69, 9.17) is 4.74 Å². The van der Waals surface area contributed by atoms with Crippen molar-refractivity contribution < 1.29 is 9.53 Å². The number of amides is 2. The number of benzene rings is 2. The van der Waals surface area contributed by atoms with Crippen LogP contribution < -0.4 is 20.7 Å². The number of anilines is 3. The van der Waals surface area contributed by atoms with E-state index in [0.29, 0.717) is 17.3 Å². The predicted molar refractivity (Wildman–Crippen MR) is 124 cm³/mol. The summed E-state index contributed by atoms with van der Waals surface area (Å²) >= 11 is 0. The number of carbonyl (C=O) groups is 1. The second kappa shape index (κ2) is 10.9. The van der Waals surface area contributed by atoms with Gasteiger partial charge >= 0.3 is 6.03 Å². The Hall–Kier alpha value is -3.65. The van der Waals surface area contributed by atoms with Crippen LogP contribution in [0.5, 0.6) is 11.5 Å². The Bertz CT molecular complexity index is 977. The minimum absolute atomic E-state index is 0.247. The van der Waals surface area contributed by atoms with Crippen molar-refractivity contribution in [1.82, 2.24) is 14.9 Å². The highest BCUT2D eigenvalue weighted by molar-refractivity contribution is 5.98. The summed E-state index contributed by atoms with van der Waals surface area (Å²) < 4.78 is 5.76. The molecule has 0 fully saturated rings.